The van der Waals surface area contributed by atoms with Gasteiger partial charge in [-0.25, -0.2) is 0 Å². The number of nitrogens with zero attached hydrogens (tertiary/aromatic N) is 2. The second-order valence-corrected chi connectivity index (χ2v) is 7.30. The first-order valence-corrected chi connectivity index (χ1v) is 9.53. The molecule has 0 N–H and O–H groups in total. The van der Waals surface area contributed by atoms with Gasteiger partial charge in [0.25, 0.3) is 0 Å². The number of pyridine rings is 1. The van der Waals surface area contributed by atoms with Gasteiger partial charge in [-0.3, -0.25) is 10.1 Å². The van der Waals surface area contributed by atoms with Gasteiger partial charge in [0.1, 0.15) is 5.75 Å². The van der Waals surface area contributed by atoms with Gasteiger partial charge in [-0.15, -0.1) is 13.2 Å². The van der Waals surface area contributed by atoms with Crippen molar-refractivity contribution < 1.29 is 23.0 Å². The zero-order valence-corrected chi connectivity index (χ0v) is 15.7. The van der Waals surface area contributed by atoms with Crippen molar-refractivity contribution in [1.82, 2.24) is 4.98 Å². The van der Waals surface area contributed by atoms with Crippen LogP contribution in [0, 0.1) is 5.92 Å². The lowest BCUT2D eigenvalue weighted by molar-refractivity contribution is -0.274. The molecule has 1 fully saturated rings. The van der Waals surface area contributed by atoms with Crippen molar-refractivity contribution in [3.8, 4) is 11.5 Å². The molecule has 2 aromatic carbocycles. The largest absolute Gasteiger partial charge is 0.573 e. The van der Waals surface area contributed by atoms with Crippen LogP contribution in [0.15, 0.2) is 54.7 Å². The van der Waals surface area contributed by atoms with E-state index in [9.17, 15) is 18.3 Å². The molecule has 2 heterocycles. The lowest BCUT2D eigenvalue weighted by Crippen LogP contribution is -2.34. The number of halogens is 3. The Morgan fingerprint density at radius 1 is 1.07 bits per heavy atom. The number of aromatic nitrogens is 1. The Morgan fingerprint density at radius 2 is 1.83 bits per heavy atom. The molecular weight excluding hydrogens is 381 g/mol. The van der Waals surface area contributed by atoms with Gasteiger partial charge in [0.15, 0.2) is 5.75 Å². The maximum absolute atomic E-state index is 12.6. The highest BCUT2D eigenvalue weighted by atomic mass is 19.4. The number of hydrogen-bond acceptors (Lipinski definition) is 3. The van der Waals surface area contributed by atoms with E-state index in [4.69, 9.17) is 0 Å². The van der Waals surface area contributed by atoms with Crippen molar-refractivity contribution in [2.45, 2.75) is 25.6 Å². The van der Waals surface area contributed by atoms with Crippen LogP contribution >= 0.6 is 0 Å². The molecule has 151 valence electrons. The molecule has 1 aliphatic rings. The number of rotatable bonds is 4. The fourth-order valence-electron chi connectivity index (χ4n) is 3.97. The van der Waals surface area contributed by atoms with Crippen molar-refractivity contribution in [2.75, 3.05) is 18.0 Å². The number of anilines is 1. The van der Waals surface area contributed by atoms with Gasteiger partial charge in [0.2, 0.25) is 0 Å². The smallest absolute Gasteiger partial charge is 0.406 e. The molecule has 0 amide bonds. The molecule has 1 saturated heterocycles. The van der Waals surface area contributed by atoms with Crippen molar-refractivity contribution >= 4 is 16.6 Å². The Morgan fingerprint density at radius 3 is 2.59 bits per heavy atom. The van der Waals surface area contributed by atoms with Gasteiger partial charge in [-0.1, -0.05) is 18.2 Å². The van der Waals surface area contributed by atoms with E-state index in [1.807, 2.05) is 6.07 Å². The molecule has 4 rings (SSSR count). The van der Waals surface area contributed by atoms with E-state index in [0.29, 0.717) is 17.5 Å². The Hall–Kier alpha value is -2.96. The van der Waals surface area contributed by atoms with Crippen LogP contribution in [0.1, 0.15) is 18.4 Å². The first-order chi connectivity index (χ1) is 13.9. The maximum Gasteiger partial charge on any atom is 0.573 e. The van der Waals surface area contributed by atoms with Gasteiger partial charge in [0, 0.05) is 36.4 Å². The van der Waals surface area contributed by atoms with Crippen molar-refractivity contribution in [2.24, 2.45) is 5.92 Å². The first-order valence-electron chi connectivity index (χ1n) is 9.53. The average Bonchev–Trinajstić information content (AvgIpc) is 2.68. The molecule has 1 aliphatic heterocycles. The van der Waals surface area contributed by atoms with Crippen LogP contribution in [0.5, 0.6) is 11.5 Å². The van der Waals surface area contributed by atoms with Crippen LogP contribution in [0.2, 0.25) is 0 Å². The lowest BCUT2D eigenvalue weighted by atomic mass is 9.89. The third-order valence-electron chi connectivity index (χ3n) is 5.35. The SMILES string of the molecule is [O]c1ccc2c(N3CCC(Cc4ccccc4OC(F)(F)F)CC3)ccnc2c1. The van der Waals surface area contributed by atoms with Crippen LogP contribution in [0.25, 0.3) is 10.9 Å². The minimum absolute atomic E-state index is 0.0689. The van der Waals surface area contributed by atoms with E-state index in [-0.39, 0.29) is 17.4 Å². The van der Waals surface area contributed by atoms with E-state index in [1.165, 1.54) is 18.2 Å². The molecule has 1 radical (unpaired) electrons. The predicted octanol–water partition coefficient (Wildman–Crippen LogP) is 5.74. The van der Waals surface area contributed by atoms with E-state index in [0.717, 1.165) is 37.0 Å². The predicted molar refractivity (Wildman–Crippen MR) is 104 cm³/mol. The Bertz CT molecular complexity index is 999. The fraction of sp³-hybridized carbons (Fsp3) is 0.318. The molecule has 3 aromatic rings. The highest BCUT2D eigenvalue weighted by Crippen LogP contribution is 2.34. The third kappa shape index (κ3) is 4.55. The lowest BCUT2D eigenvalue weighted by Gasteiger charge is -2.34. The topological polar surface area (TPSA) is 45.3 Å². The third-order valence-corrected chi connectivity index (χ3v) is 5.35. The highest BCUT2D eigenvalue weighted by Gasteiger charge is 2.32. The summed E-state index contributed by atoms with van der Waals surface area (Å²) in [6.45, 7) is 1.59. The van der Waals surface area contributed by atoms with Crippen LogP contribution in [0.3, 0.4) is 0 Å². The van der Waals surface area contributed by atoms with E-state index in [1.54, 1.807) is 30.5 Å². The molecule has 0 saturated carbocycles. The van der Waals surface area contributed by atoms with Crippen LogP contribution in [0.4, 0.5) is 18.9 Å². The second-order valence-electron chi connectivity index (χ2n) is 7.30. The molecule has 0 bridgehead atoms. The summed E-state index contributed by atoms with van der Waals surface area (Å²) in [5.74, 6) is 0.0992. The summed E-state index contributed by atoms with van der Waals surface area (Å²) < 4.78 is 42.1. The number of ether oxygens (including phenoxy) is 1. The van der Waals surface area contributed by atoms with Crippen molar-refractivity contribution in [3.05, 3.63) is 60.3 Å². The molecule has 4 nitrogen and oxygen atoms in total. The summed E-state index contributed by atoms with van der Waals surface area (Å²) in [4.78, 5) is 6.53. The summed E-state index contributed by atoms with van der Waals surface area (Å²) in [5, 5.41) is 12.5. The Labute approximate surface area is 166 Å². The van der Waals surface area contributed by atoms with Gasteiger partial charge in [0.05, 0.1) is 5.52 Å². The van der Waals surface area contributed by atoms with Gasteiger partial charge < -0.3 is 9.64 Å². The van der Waals surface area contributed by atoms with Crippen LogP contribution < -0.4 is 9.64 Å². The molecular formula is C22H20F3N2O2. The molecule has 29 heavy (non-hydrogen) atoms. The van der Waals surface area contributed by atoms with E-state index < -0.39 is 6.36 Å². The maximum atomic E-state index is 12.6. The standard InChI is InChI=1S/C22H20F3N2O2/c23-22(24,25)29-21-4-2-1-3-16(21)13-15-8-11-27(12-9-15)20-7-10-26-19-14-17(28)5-6-18(19)20/h1-7,10,14-15H,8-9,11-13H2. The molecule has 0 atom stereocenters. The molecule has 1 aromatic heterocycles. The number of alkyl halides is 3. The first kappa shape index (κ1) is 19.4. The summed E-state index contributed by atoms with van der Waals surface area (Å²) in [5.41, 5.74) is 2.30. The number of benzene rings is 2. The van der Waals surface area contributed by atoms with Crippen LogP contribution in [-0.4, -0.2) is 24.4 Å². The van der Waals surface area contributed by atoms with E-state index >= 15 is 0 Å². The quantitative estimate of drug-likeness (QED) is 0.560. The zero-order chi connectivity index (χ0) is 20.4. The summed E-state index contributed by atoms with van der Waals surface area (Å²) in [6.07, 6.45) is -0.704. The molecule has 0 aliphatic carbocycles. The van der Waals surface area contributed by atoms with Gasteiger partial charge in [-0.05, 0) is 55.0 Å². The van der Waals surface area contributed by atoms with Gasteiger partial charge in [-0.2, -0.15) is 0 Å². The van der Waals surface area contributed by atoms with Gasteiger partial charge >= 0.3 is 6.36 Å². The number of fused-ring (bicyclic) bond motifs is 1. The highest BCUT2D eigenvalue weighted by molar-refractivity contribution is 5.92. The number of piperidine rings is 1. The Kier molecular flexibility index (Phi) is 5.22. The number of para-hydroxylation sites is 1. The normalized spacial score (nSPS) is 15.6. The minimum atomic E-state index is -4.69. The monoisotopic (exact) mass is 401 g/mol. The van der Waals surface area contributed by atoms with Crippen molar-refractivity contribution in [1.29, 1.82) is 0 Å². The molecule has 7 heteroatoms. The molecule has 0 unspecified atom stereocenters. The van der Waals surface area contributed by atoms with Crippen LogP contribution in [-0.2, 0) is 11.5 Å². The average molecular weight is 401 g/mol. The summed E-state index contributed by atoms with van der Waals surface area (Å²) in [6, 6.07) is 13.2. The zero-order valence-electron chi connectivity index (χ0n) is 15.7. The Balaban J connectivity index is 1.45. The fourth-order valence-corrected chi connectivity index (χ4v) is 3.97. The van der Waals surface area contributed by atoms with Crippen molar-refractivity contribution in [3.63, 3.8) is 0 Å². The summed E-state index contributed by atoms with van der Waals surface area (Å²) in [7, 11) is 0. The second kappa shape index (κ2) is 7.81. The van der Waals surface area contributed by atoms with E-state index in [2.05, 4.69) is 14.6 Å². The molecule has 0 spiro atoms. The number of hydrogen-bond donors (Lipinski definition) is 0. The summed E-state index contributed by atoms with van der Waals surface area (Å²) >= 11 is 0. The minimum Gasteiger partial charge on any atom is -0.406 e.